The molecule has 2 rings (SSSR count). The number of halogens is 2. The summed E-state index contributed by atoms with van der Waals surface area (Å²) < 4.78 is 19.4. The van der Waals surface area contributed by atoms with E-state index in [1.54, 1.807) is 24.4 Å². The zero-order valence-electron chi connectivity index (χ0n) is 12.8. The van der Waals surface area contributed by atoms with Crippen molar-refractivity contribution in [2.75, 3.05) is 6.54 Å². The average Bonchev–Trinajstić information content (AvgIpc) is 2.53. The monoisotopic (exact) mass is 380 g/mol. The predicted octanol–water partition coefficient (Wildman–Crippen LogP) is 4.09. The van der Waals surface area contributed by atoms with Gasteiger partial charge in [0.1, 0.15) is 23.9 Å². The highest BCUT2D eigenvalue weighted by Crippen LogP contribution is 2.21. The molecule has 23 heavy (non-hydrogen) atoms. The summed E-state index contributed by atoms with van der Waals surface area (Å²) in [7, 11) is 0. The minimum Gasteiger partial charge on any atom is -0.489 e. The van der Waals surface area contributed by atoms with Gasteiger partial charge in [-0.05, 0) is 24.6 Å². The number of hydrogen-bond acceptors (Lipinski definition) is 3. The first-order valence-corrected chi connectivity index (χ1v) is 8.20. The Morgan fingerprint density at radius 1 is 1.35 bits per heavy atom. The van der Waals surface area contributed by atoms with E-state index in [4.69, 9.17) is 4.74 Å². The van der Waals surface area contributed by atoms with Gasteiger partial charge < -0.3 is 10.1 Å². The van der Waals surface area contributed by atoms with Crippen LogP contribution in [0.1, 0.15) is 35.8 Å². The van der Waals surface area contributed by atoms with Crippen molar-refractivity contribution >= 4 is 21.8 Å². The van der Waals surface area contributed by atoms with Crippen LogP contribution < -0.4 is 10.1 Å². The fourth-order valence-electron chi connectivity index (χ4n) is 1.89. The van der Waals surface area contributed by atoms with Gasteiger partial charge in [-0.2, -0.15) is 0 Å². The number of rotatable bonds is 7. The lowest BCUT2D eigenvalue weighted by atomic mass is 10.2. The van der Waals surface area contributed by atoms with E-state index in [1.165, 1.54) is 12.1 Å². The predicted molar refractivity (Wildman–Crippen MR) is 89.9 cm³/mol. The summed E-state index contributed by atoms with van der Waals surface area (Å²) in [6, 6.07) is 7.79. The molecule has 4 nitrogen and oxygen atoms in total. The summed E-state index contributed by atoms with van der Waals surface area (Å²) in [4.78, 5) is 16.0. The van der Waals surface area contributed by atoms with E-state index in [9.17, 15) is 9.18 Å². The van der Waals surface area contributed by atoms with Gasteiger partial charge in [0, 0.05) is 28.8 Å². The van der Waals surface area contributed by atoms with Crippen molar-refractivity contribution in [3.63, 3.8) is 0 Å². The lowest BCUT2D eigenvalue weighted by Crippen LogP contribution is -2.25. The molecule has 0 atom stereocenters. The minimum atomic E-state index is -0.369. The lowest BCUT2D eigenvalue weighted by molar-refractivity contribution is 0.0948. The van der Waals surface area contributed by atoms with Crippen molar-refractivity contribution in [2.45, 2.75) is 26.4 Å². The van der Waals surface area contributed by atoms with E-state index in [1.807, 2.05) is 0 Å². The average molecular weight is 381 g/mol. The Balaban J connectivity index is 1.90. The molecule has 6 heteroatoms. The summed E-state index contributed by atoms with van der Waals surface area (Å²) in [5.74, 6) is -0.121. The second-order valence-electron chi connectivity index (χ2n) is 5.05. The van der Waals surface area contributed by atoms with Crippen LogP contribution in [-0.2, 0) is 6.61 Å². The molecule has 0 radical (unpaired) electrons. The molecule has 1 heterocycles. The SMILES string of the molecule is CCCCNC(=O)c1ccc(COc2cc(F)cc(Br)c2)cn1. The molecular formula is C17H18BrFN2O2. The number of hydrogen-bond donors (Lipinski definition) is 1. The summed E-state index contributed by atoms with van der Waals surface area (Å²) in [5, 5.41) is 2.81. The zero-order chi connectivity index (χ0) is 16.7. The molecule has 0 bridgehead atoms. The van der Waals surface area contributed by atoms with E-state index in [2.05, 4.69) is 33.2 Å². The second kappa shape index (κ2) is 8.62. The van der Waals surface area contributed by atoms with E-state index in [0.717, 1.165) is 18.4 Å². The number of carbonyl (C=O) groups excluding carboxylic acids is 1. The van der Waals surface area contributed by atoms with E-state index in [0.29, 0.717) is 22.5 Å². The Labute approximate surface area is 143 Å². The van der Waals surface area contributed by atoms with Crippen molar-refractivity contribution in [1.82, 2.24) is 10.3 Å². The van der Waals surface area contributed by atoms with Crippen molar-refractivity contribution in [3.05, 3.63) is 58.1 Å². The van der Waals surface area contributed by atoms with Crippen LogP contribution in [0.3, 0.4) is 0 Å². The van der Waals surface area contributed by atoms with Gasteiger partial charge in [0.2, 0.25) is 0 Å². The summed E-state index contributed by atoms with van der Waals surface area (Å²) in [5.41, 5.74) is 1.17. The number of unbranched alkanes of at least 4 members (excludes halogenated alkanes) is 1. The number of pyridine rings is 1. The molecule has 0 spiro atoms. The Morgan fingerprint density at radius 3 is 2.83 bits per heavy atom. The van der Waals surface area contributed by atoms with Gasteiger partial charge >= 0.3 is 0 Å². The third kappa shape index (κ3) is 5.63. The standard InChI is InChI=1S/C17H18BrFN2O2/c1-2-3-6-20-17(22)16-5-4-12(10-21-16)11-23-15-8-13(18)7-14(19)9-15/h4-5,7-10H,2-3,6,11H2,1H3,(H,20,22). The van der Waals surface area contributed by atoms with Crippen LogP contribution in [0.15, 0.2) is 41.0 Å². The minimum absolute atomic E-state index is 0.181. The summed E-state index contributed by atoms with van der Waals surface area (Å²) in [6.07, 6.45) is 3.56. The largest absolute Gasteiger partial charge is 0.489 e. The molecule has 0 aliphatic heterocycles. The summed E-state index contributed by atoms with van der Waals surface area (Å²) >= 11 is 3.21. The van der Waals surface area contributed by atoms with Crippen molar-refractivity contribution in [1.29, 1.82) is 0 Å². The van der Waals surface area contributed by atoms with Crippen molar-refractivity contribution in [3.8, 4) is 5.75 Å². The summed E-state index contributed by atoms with van der Waals surface area (Å²) in [6.45, 7) is 2.97. The van der Waals surface area contributed by atoms with Gasteiger partial charge in [-0.15, -0.1) is 0 Å². The van der Waals surface area contributed by atoms with Crippen LogP contribution in [-0.4, -0.2) is 17.4 Å². The number of benzene rings is 1. The molecule has 1 amide bonds. The van der Waals surface area contributed by atoms with Gasteiger partial charge in [0.25, 0.3) is 5.91 Å². The first kappa shape index (κ1) is 17.4. The fraction of sp³-hybridized carbons (Fsp3) is 0.294. The first-order valence-electron chi connectivity index (χ1n) is 7.40. The van der Waals surface area contributed by atoms with Crippen molar-refractivity contribution < 1.29 is 13.9 Å². The highest BCUT2D eigenvalue weighted by molar-refractivity contribution is 9.10. The fourth-order valence-corrected chi connectivity index (χ4v) is 2.34. The molecule has 1 aromatic carbocycles. The second-order valence-corrected chi connectivity index (χ2v) is 5.97. The quantitative estimate of drug-likeness (QED) is 0.735. The van der Waals surface area contributed by atoms with E-state index < -0.39 is 0 Å². The molecule has 2 aromatic rings. The van der Waals surface area contributed by atoms with Crippen LogP contribution in [0.5, 0.6) is 5.75 Å². The maximum atomic E-state index is 13.3. The van der Waals surface area contributed by atoms with Gasteiger partial charge in [-0.25, -0.2) is 4.39 Å². The molecule has 0 fully saturated rings. The molecule has 0 aliphatic rings. The number of aromatic nitrogens is 1. The number of nitrogens with one attached hydrogen (secondary N) is 1. The van der Waals surface area contributed by atoms with E-state index in [-0.39, 0.29) is 18.3 Å². The smallest absolute Gasteiger partial charge is 0.269 e. The number of ether oxygens (including phenoxy) is 1. The van der Waals surface area contributed by atoms with Gasteiger partial charge in [0.05, 0.1) is 0 Å². The van der Waals surface area contributed by atoms with Crippen LogP contribution in [0, 0.1) is 5.82 Å². The molecule has 0 saturated heterocycles. The molecule has 0 saturated carbocycles. The van der Waals surface area contributed by atoms with Crippen LogP contribution in [0.2, 0.25) is 0 Å². The van der Waals surface area contributed by atoms with Crippen LogP contribution in [0.25, 0.3) is 0 Å². The molecule has 0 aliphatic carbocycles. The normalized spacial score (nSPS) is 10.4. The Bertz CT molecular complexity index is 642. The lowest BCUT2D eigenvalue weighted by Gasteiger charge is -2.08. The Hall–Kier alpha value is -1.95. The zero-order valence-corrected chi connectivity index (χ0v) is 14.4. The molecular weight excluding hydrogens is 363 g/mol. The highest BCUT2D eigenvalue weighted by Gasteiger charge is 2.07. The first-order chi connectivity index (χ1) is 11.1. The Morgan fingerprint density at radius 2 is 2.17 bits per heavy atom. The molecule has 1 N–H and O–H groups in total. The van der Waals surface area contributed by atoms with Crippen LogP contribution >= 0.6 is 15.9 Å². The third-order valence-electron chi connectivity index (χ3n) is 3.11. The van der Waals surface area contributed by atoms with E-state index >= 15 is 0 Å². The Kier molecular flexibility index (Phi) is 6.52. The van der Waals surface area contributed by atoms with Gasteiger partial charge in [0.15, 0.2) is 0 Å². The molecule has 0 unspecified atom stereocenters. The highest BCUT2D eigenvalue weighted by atomic mass is 79.9. The third-order valence-corrected chi connectivity index (χ3v) is 3.57. The number of carbonyl (C=O) groups is 1. The maximum absolute atomic E-state index is 13.3. The number of nitrogens with zero attached hydrogens (tertiary/aromatic N) is 1. The number of amides is 1. The topological polar surface area (TPSA) is 51.2 Å². The van der Waals surface area contributed by atoms with Crippen LogP contribution in [0.4, 0.5) is 4.39 Å². The molecule has 1 aromatic heterocycles. The maximum Gasteiger partial charge on any atom is 0.269 e. The molecule has 122 valence electrons. The van der Waals surface area contributed by atoms with Gasteiger partial charge in [-0.3, -0.25) is 9.78 Å². The van der Waals surface area contributed by atoms with Gasteiger partial charge in [-0.1, -0.05) is 35.3 Å². The van der Waals surface area contributed by atoms with Crippen molar-refractivity contribution in [2.24, 2.45) is 0 Å².